The van der Waals surface area contributed by atoms with Gasteiger partial charge in [0.25, 0.3) is 0 Å². The molecule has 1 rings (SSSR count). The molecule has 1 aliphatic heterocycles. The molecule has 0 aromatic rings. The van der Waals surface area contributed by atoms with Gasteiger partial charge in [0.1, 0.15) is 0 Å². The minimum atomic E-state index is -0.245. The summed E-state index contributed by atoms with van der Waals surface area (Å²) in [5.41, 5.74) is 0. The van der Waals surface area contributed by atoms with E-state index in [1.54, 1.807) is 0 Å². The van der Waals surface area contributed by atoms with Gasteiger partial charge in [-0.05, 0) is 6.42 Å². The fourth-order valence-electron chi connectivity index (χ4n) is 0.289. The topological polar surface area (TPSA) is 24.7 Å². The fraction of sp³-hybridized carbons (Fsp3) is 1.00. The highest BCUT2D eigenvalue weighted by molar-refractivity contribution is 4.50. The number of hydrogen-bond acceptors (Lipinski definition) is 2. The minimum absolute atomic E-state index is 0.245. The third-order valence-electron chi connectivity index (χ3n) is 0.521. The van der Waals surface area contributed by atoms with Gasteiger partial charge in [-0.1, -0.05) is 0 Å². The second kappa shape index (κ2) is 1.15. The van der Waals surface area contributed by atoms with Crippen LogP contribution in [0.15, 0.2) is 10.2 Å². The first kappa shape index (κ1) is 1.90. The first-order valence-corrected chi connectivity index (χ1v) is 1.68. The van der Waals surface area contributed by atoms with Crippen molar-refractivity contribution in [2.75, 3.05) is 13.1 Å². The molecule has 0 fully saturated rings. The Bertz CT molecular complexity index is 71.2. The van der Waals surface area contributed by atoms with Crippen LogP contribution in [-0.4, -0.2) is 13.1 Å². The Morgan fingerprint density at radius 1 is 1.60 bits per heavy atom. The lowest BCUT2D eigenvalue weighted by molar-refractivity contribution is 0.979. The van der Waals surface area contributed by atoms with Gasteiger partial charge in [-0.25, -0.2) is 0 Å². The molecule has 5 heavy (non-hydrogen) atoms. The zero-order chi connectivity index (χ0) is 4.41. The van der Waals surface area contributed by atoms with Gasteiger partial charge in [-0.3, -0.25) is 0 Å². The molecule has 0 bridgehead atoms. The van der Waals surface area contributed by atoms with E-state index in [2.05, 4.69) is 10.2 Å². The standard InChI is InChI=1S/C3H6N2/c1-2-4-5-3-1/h1-3H2/i2D. The van der Waals surface area contributed by atoms with E-state index in [4.69, 9.17) is 1.37 Å². The lowest BCUT2D eigenvalue weighted by atomic mass is 10.5. The minimum Gasteiger partial charge on any atom is -0.194 e. The van der Waals surface area contributed by atoms with Crippen molar-refractivity contribution in [2.24, 2.45) is 10.2 Å². The van der Waals surface area contributed by atoms with Gasteiger partial charge >= 0.3 is 0 Å². The van der Waals surface area contributed by atoms with Gasteiger partial charge in [-0.15, -0.1) is 0 Å². The average molecular weight is 71.1 g/mol. The number of rotatable bonds is 0. The Hall–Kier alpha value is -0.400. The fourth-order valence-corrected chi connectivity index (χ4v) is 0.289. The van der Waals surface area contributed by atoms with Crippen LogP contribution in [0.25, 0.3) is 0 Å². The van der Waals surface area contributed by atoms with Crippen LogP contribution in [0.1, 0.15) is 7.79 Å². The molecule has 0 radical (unpaired) electrons. The van der Waals surface area contributed by atoms with E-state index in [1.807, 2.05) is 0 Å². The summed E-state index contributed by atoms with van der Waals surface area (Å²) in [6.07, 6.45) is 0.819. The smallest absolute Gasteiger partial charge is 0.0617 e. The van der Waals surface area contributed by atoms with Crippen LogP contribution in [-0.2, 0) is 0 Å². The molecule has 1 aliphatic rings. The Morgan fingerprint density at radius 3 is 2.80 bits per heavy atom. The number of azo groups is 1. The number of hydrogen-bond donors (Lipinski definition) is 0. The SMILES string of the molecule is [2H]C1CCN=N1. The molecule has 2 nitrogen and oxygen atoms in total. The summed E-state index contributed by atoms with van der Waals surface area (Å²) in [6, 6.07) is 0. The molecular weight excluding hydrogens is 64.0 g/mol. The second-order valence-electron chi connectivity index (χ2n) is 0.952. The Labute approximate surface area is 32.3 Å². The zero-order valence-corrected chi connectivity index (χ0v) is 2.89. The molecule has 0 N–H and O–H groups in total. The Morgan fingerprint density at radius 2 is 2.60 bits per heavy atom. The predicted octanol–water partition coefficient (Wildman–Crippen LogP) is 0.842. The first-order chi connectivity index (χ1) is 2.89. The van der Waals surface area contributed by atoms with Gasteiger partial charge in [0.05, 0.1) is 14.4 Å². The molecule has 0 aliphatic carbocycles. The van der Waals surface area contributed by atoms with Gasteiger partial charge in [0.15, 0.2) is 0 Å². The maximum absolute atomic E-state index is 6.87. The highest BCUT2D eigenvalue weighted by Crippen LogP contribution is 1.91. The third kappa shape index (κ3) is 0.436. The van der Waals surface area contributed by atoms with Crippen molar-refractivity contribution in [2.45, 2.75) is 6.42 Å². The molecule has 0 aromatic carbocycles. The van der Waals surface area contributed by atoms with Crippen molar-refractivity contribution < 1.29 is 1.37 Å². The van der Waals surface area contributed by atoms with Crippen LogP contribution < -0.4 is 0 Å². The van der Waals surface area contributed by atoms with Crippen molar-refractivity contribution in [3.05, 3.63) is 0 Å². The lowest BCUT2D eigenvalue weighted by Gasteiger charge is -1.63. The summed E-state index contributed by atoms with van der Waals surface area (Å²) >= 11 is 0. The van der Waals surface area contributed by atoms with Gasteiger partial charge in [0, 0.05) is 0 Å². The maximum Gasteiger partial charge on any atom is 0.0617 e. The van der Waals surface area contributed by atoms with E-state index < -0.39 is 0 Å². The summed E-state index contributed by atoms with van der Waals surface area (Å²) in [7, 11) is 0. The summed E-state index contributed by atoms with van der Waals surface area (Å²) in [6.45, 7) is 0.513. The normalized spacial score (nSPS) is 38.4. The Balaban J connectivity index is 2.38. The van der Waals surface area contributed by atoms with Gasteiger partial charge in [0.2, 0.25) is 0 Å². The molecule has 2 heteroatoms. The van der Waals surface area contributed by atoms with Crippen molar-refractivity contribution in [1.82, 2.24) is 0 Å². The van der Waals surface area contributed by atoms with Gasteiger partial charge in [-0.2, -0.15) is 10.2 Å². The van der Waals surface area contributed by atoms with E-state index in [0.29, 0.717) is 0 Å². The monoisotopic (exact) mass is 71.1 g/mol. The van der Waals surface area contributed by atoms with Crippen molar-refractivity contribution in [3.63, 3.8) is 0 Å². The Kier molecular flexibility index (Phi) is 0.437. The van der Waals surface area contributed by atoms with Crippen LogP contribution in [0.2, 0.25) is 0 Å². The van der Waals surface area contributed by atoms with Crippen molar-refractivity contribution in [3.8, 4) is 0 Å². The highest BCUT2D eigenvalue weighted by Gasteiger charge is 1.87. The van der Waals surface area contributed by atoms with Crippen LogP contribution >= 0.6 is 0 Å². The molecule has 1 atom stereocenters. The average Bonchev–Trinajstić information content (AvgIpc) is 1.86. The predicted molar refractivity (Wildman–Crippen MR) is 19.2 cm³/mol. The molecule has 0 amide bonds. The molecule has 28 valence electrons. The highest BCUT2D eigenvalue weighted by atomic mass is 15.1. The number of nitrogens with zero attached hydrogens (tertiary/aromatic N) is 2. The van der Waals surface area contributed by atoms with E-state index in [0.717, 1.165) is 13.0 Å². The van der Waals surface area contributed by atoms with E-state index in [-0.39, 0.29) is 6.52 Å². The molecule has 0 saturated carbocycles. The van der Waals surface area contributed by atoms with Crippen LogP contribution in [0, 0.1) is 0 Å². The molecule has 0 aromatic heterocycles. The lowest BCUT2D eigenvalue weighted by Crippen LogP contribution is -1.68. The molecular formula is C3H6N2. The summed E-state index contributed by atoms with van der Waals surface area (Å²) < 4.78 is 6.87. The molecule has 1 heterocycles. The van der Waals surface area contributed by atoms with Crippen molar-refractivity contribution in [1.29, 1.82) is 0 Å². The second-order valence-corrected chi connectivity index (χ2v) is 0.952. The first-order valence-electron chi connectivity index (χ1n) is 2.26. The third-order valence-corrected chi connectivity index (χ3v) is 0.521. The van der Waals surface area contributed by atoms with E-state index in [1.165, 1.54) is 0 Å². The molecule has 0 spiro atoms. The molecule has 1 unspecified atom stereocenters. The van der Waals surface area contributed by atoms with Crippen molar-refractivity contribution >= 4 is 0 Å². The van der Waals surface area contributed by atoms with E-state index >= 15 is 0 Å². The molecule has 0 saturated heterocycles. The quantitative estimate of drug-likeness (QED) is 0.404. The van der Waals surface area contributed by atoms with Crippen LogP contribution in [0.5, 0.6) is 0 Å². The van der Waals surface area contributed by atoms with E-state index in [9.17, 15) is 0 Å². The maximum atomic E-state index is 6.87. The zero-order valence-electron chi connectivity index (χ0n) is 3.89. The summed E-state index contributed by atoms with van der Waals surface area (Å²) in [4.78, 5) is 0. The largest absolute Gasteiger partial charge is 0.194 e. The summed E-state index contributed by atoms with van der Waals surface area (Å²) in [5.74, 6) is 0. The van der Waals surface area contributed by atoms with Crippen LogP contribution in [0.3, 0.4) is 0 Å². The van der Waals surface area contributed by atoms with Crippen LogP contribution in [0.4, 0.5) is 0 Å². The summed E-state index contributed by atoms with van der Waals surface area (Å²) in [5, 5.41) is 7.13. The van der Waals surface area contributed by atoms with Gasteiger partial charge < -0.3 is 0 Å².